The summed E-state index contributed by atoms with van der Waals surface area (Å²) in [5, 5.41) is 7.67. The number of fused-ring (bicyclic) bond motifs is 1. The molecule has 2 aromatic heterocycles. The number of ether oxygens (including phenoxy) is 3. The molecule has 2 saturated heterocycles. The summed E-state index contributed by atoms with van der Waals surface area (Å²) in [6.45, 7) is 6.28. The molecule has 34 heavy (non-hydrogen) atoms. The molecule has 1 amide bonds. The number of nitrogens with zero attached hydrogens (tertiary/aromatic N) is 5. The highest BCUT2D eigenvalue weighted by atomic mass is 16.5. The lowest BCUT2D eigenvalue weighted by molar-refractivity contribution is -0.136. The second kappa shape index (κ2) is 9.86. The third-order valence-corrected chi connectivity index (χ3v) is 6.46. The first-order valence-electron chi connectivity index (χ1n) is 11.6. The van der Waals surface area contributed by atoms with Gasteiger partial charge >= 0.3 is 0 Å². The van der Waals surface area contributed by atoms with Crippen molar-refractivity contribution >= 4 is 22.8 Å². The summed E-state index contributed by atoms with van der Waals surface area (Å²) in [4.78, 5) is 23.9. The number of methoxy groups -OCH3 is 2. The Kier molecular flexibility index (Phi) is 6.50. The Morgan fingerprint density at radius 3 is 2.50 bits per heavy atom. The Balaban J connectivity index is 1.29. The summed E-state index contributed by atoms with van der Waals surface area (Å²) in [5.74, 6) is 2.37. The summed E-state index contributed by atoms with van der Waals surface area (Å²) >= 11 is 0. The van der Waals surface area contributed by atoms with Gasteiger partial charge in [-0.15, -0.1) is 0 Å². The van der Waals surface area contributed by atoms with Gasteiger partial charge in [-0.25, -0.2) is 4.98 Å². The van der Waals surface area contributed by atoms with E-state index in [1.165, 1.54) is 0 Å². The monoisotopic (exact) mass is 466 g/mol. The van der Waals surface area contributed by atoms with E-state index in [1.54, 1.807) is 14.2 Å². The zero-order valence-corrected chi connectivity index (χ0v) is 19.6. The molecule has 3 aromatic rings. The van der Waals surface area contributed by atoms with Crippen LogP contribution in [0.3, 0.4) is 0 Å². The maximum absolute atomic E-state index is 12.6. The first-order valence-corrected chi connectivity index (χ1v) is 11.6. The number of nitrogens with one attached hydrogen (secondary N) is 1. The topological polar surface area (TPSA) is 96.1 Å². The second-order valence-corrected chi connectivity index (χ2v) is 8.47. The van der Waals surface area contributed by atoms with Gasteiger partial charge in [0.15, 0.2) is 17.3 Å². The van der Waals surface area contributed by atoms with Crippen molar-refractivity contribution in [3.8, 4) is 22.8 Å². The normalized spacial score (nSPS) is 17.2. The Morgan fingerprint density at radius 1 is 1.00 bits per heavy atom. The number of anilines is 1. The minimum Gasteiger partial charge on any atom is -0.493 e. The van der Waals surface area contributed by atoms with Crippen LogP contribution in [0.1, 0.15) is 0 Å². The number of carbonyl (C=O) groups excluding carboxylic acids is 1. The lowest BCUT2D eigenvalue weighted by atomic mass is 10.1. The van der Waals surface area contributed by atoms with Crippen molar-refractivity contribution in [1.82, 2.24) is 25.0 Å². The van der Waals surface area contributed by atoms with Gasteiger partial charge in [-0.2, -0.15) is 5.10 Å². The van der Waals surface area contributed by atoms with Crippen LogP contribution < -0.4 is 14.4 Å². The molecule has 4 heterocycles. The number of rotatable bonds is 6. The van der Waals surface area contributed by atoms with Gasteiger partial charge in [0.25, 0.3) is 0 Å². The molecule has 0 unspecified atom stereocenters. The van der Waals surface area contributed by atoms with Gasteiger partial charge in [0.1, 0.15) is 5.52 Å². The van der Waals surface area contributed by atoms with Crippen LogP contribution in [0.25, 0.3) is 22.3 Å². The number of morpholine rings is 1. The van der Waals surface area contributed by atoms with Gasteiger partial charge in [-0.05, 0) is 30.3 Å². The first kappa shape index (κ1) is 22.4. The van der Waals surface area contributed by atoms with Crippen LogP contribution in [0.15, 0.2) is 30.3 Å². The fourth-order valence-electron chi connectivity index (χ4n) is 4.48. The number of H-pyrrole nitrogens is 1. The van der Waals surface area contributed by atoms with E-state index in [-0.39, 0.29) is 5.91 Å². The molecule has 10 heteroatoms. The molecule has 2 aliphatic rings. The summed E-state index contributed by atoms with van der Waals surface area (Å²) in [6.07, 6.45) is 0. The Morgan fingerprint density at radius 2 is 1.76 bits per heavy atom. The van der Waals surface area contributed by atoms with Gasteiger partial charge in [0.05, 0.1) is 45.2 Å². The highest BCUT2D eigenvalue weighted by Gasteiger charge is 2.25. The van der Waals surface area contributed by atoms with Crippen molar-refractivity contribution in [2.45, 2.75) is 0 Å². The van der Waals surface area contributed by atoms with Gasteiger partial charge in [0.2, 0.25) is 5.91 Å². The maximum atomic E-state index is 12.6. The number of aromatic amines is 1. The fraction of sp³-hybridized carbons (Fsp3) is 0.458. The summed E-state index contributed by atoms with van der Waals surface area (Å²) < 4.78 is 16.1. The van der Waals surface area contributed by atoms with Crippen LogP contribution in [0.2, 0.25) is 0 Å². The predicted octanol–water partition coefficient (Wildman–Crippen LogP) is 1.62. The summed E-state index contributed by atoms with van der Waals surface area (Å²) in [7, 11) is 3.25. The average molecular weight is 467 g/mol. The van der Waals surface area contributed by atoms with E-state index in [4.69, 9.17) is 19.2 Å². The second-order valence-electron chi connectivity index (χ2n) is 8.47. The van der Waals surface area contributed by atoms with E-state index in [2.05, 4.69) is 20.0 Å². The van der Waals surface area contributed by atoms with Crippen molar-refractivity contribution in [2.75, 3.05) is 78.1 Å². The van der Waals surface area contributed by atoms with Crippen LogP contribution in [-0.2, 0) is 9.53 Å². The quantitative estimate of drug-likeness (QED) is 0.586. The highest BCUT2D eigenvalue weighted by Crippen LogP contribution is 2.33. The fourth-order valence-corrected chi connectivity index (χ4v) is 4.48. The van der Waals surface area contributed by atoms with E-state index in [9.17, 15) is 4.79 Å². The van der Waals surface area contributed by atoms with Gasteiger partial charge in [0, 0.05) is 44.8 Å². The standard InChI is InChI=1S/C24H30N6O4/c1-32-20-6-3-17(15-21(20)33-2)18-4-5-19-23(25-18)24(27-26-19)30-9-7-28(8-10-30)16-22(31)29-11-13-34-14-12-29/h3-6,15H,7-14,16H2,1-2H3,(H,26,27). The van der Waals surface area contributed by atoms with Crippen molar-refractivity contribution in [3.05, 3.63) is 30.3 Å². The predicted molar refractivity (Wildman–Crippen MR) is 128 cm³/mol. The van der Waals surface area contributed by atoms with E-state index in [0.717, 1.165) is 54.3 Å². The molecule has 180 valence electrons. The van der Waals surface area contributed by atoms with E-state index in [1.807, 2.05) is 35.2 Å². The molecule has 0 atom stereocenters. The zero-order valence-electron chi connectivity index (χ0n) is 19.6. The number of aromatic nitrogens is 3. The van der Waals surface area contributed by atoms with Crippen LogP contribution in [0.5, 0.6) is 11.5 Å². The minimum absolute atomic E-state index is 0.184. The zero-order chi connectivity index (χ0) is 23.5. The minimum atomic E-state index is 0.184. The molecule has 1 N–H and O–H groups in total. The number of pyridine rings is 1. The highest BCUT2D eigenvalue weighted by molar-refractivity contribution is 5.88. The van der Waals surface area contributed by atoms with Crippen molar-refractivity contribution in [1.29, 1.82) is 0 Å². The van der Waals surface area contributed by atoms with E-state index >= 15 is 0 Å². The molecule has 5 rings (SSSR count). The largest absolute Gasteiger partial charge is 0.493 e. The van der Waals surface area contributed by atoms with E-state index in [0.29, 0.717) is 44.3 Å². The molecular weight excluding hydrogens is 436 g/mol. The number of carbonyl (C=O) groups is 1. The third-order valence-electron chi connectivity index (χ3n) is 6.46. The smallest absolute Gasteiger partial charge is 0.236 e. The van der Waals surface area contributed by atoms with Crippen molar-refractivity contribution < 1.29 is 19.0 Å². The maximum Gasteiger partial charge on any atom is 0.236 e. The third kappa shape index (κ3) is 4.51. The van der Waals surface area contributed by atoms with Gasteiger partial charge in [-0.1, -0.05) is 0 Å². The Labute approximate surface area is 198 Å². The average Bonchev–Trinajstić information content (AvgIpc) is 3.32. The Hall–Kier alpha value is -3.37. The SMILES string of the molecule is COc1ccc(-c2ccc3[nH]nc(N4CCN(CC(=O)N5CCOCC5)CC4)c3n2)cc1OC. The molecule has 0 saturated carbocycles. The molecule has 0 bridgehead atoms. The lowest BCUT2D eigenvalue weighted by Gasteiger charge is -2.36. The van der Waals surface area contributed by atoms with Crippen molar-refractivity contribution in [3.63, 3.8) is 0 Å². The number of amides is 1. The first-order chi connectivity index (χ1) is 16.7. The molecule has 1 aromatic carbocycles. The Bertz CT molecular complexity index is 1150. The molecule has 10 nitrogen and oxygen atoms in total. The molecule has 0 aliphatic carbocycles. The lowest BCUT2D eigenvalue weighted by Crippen LogP contribution is -2.51. The summed E-state index contributed by atoms with van der Waals surface area (Å²) in [5.41, 5.74) is 3.51. The molecular formula is C24H30N6O4. The van der Waals surface area contributed by atoms with E-state index < -0.39 is 0 Å². The number of hydrogen-bond acceptors (Lipinski definition) is 8. The van der Waals surface area contributed by atoms with Crippen LogP contribution in [0.4, 0.5) is 5.82 Å². The van der Waals surface area contributed by atoms with Crippen LogP contribution in [-0.4, -0.2) is 104 Å². The number of hydrogen-bond donors (Lipinski definition) is 1. The van der Waals surface area contributed by atoms with Gasteiger partial charge < -0.3 is 24.0 Å². The molecule has 2 aliphatic heterocycles. The summed E-state index contributed by atoms with van der Waals surface area (Å²) in [6, 6.07) is 9.76. The van der Waals surface area contributed by atoms with Gasteiger partial charge in [-0.3, -0.25) is 14.8 Å². The van der Waals surface area contributed by atoms with Crippen LogP contribution >= 0.6 is 0 Å². The van der Waals surface area contributed by atoms with Crippen molar-refractivity contribution in [2.24, 2.45) is 0 Å². The number of benzene rings is 1. The molecule has 0 spiro atoms. The molecule has 2 fully saturated rings. The number of piperazine rings is 1. The molecule has 0 radical (unpaired) electrons. The van der Waals surface area contributed by atoms with Crippen LogP contribution in [0, 0.1) is 0 Å².